The van der Waals surface area contributed by atoms with Gasteiger partial charge in [-0.05, 0) is 98.5 Å². The van der Waals surface area contributed by atoms with Crippen LogP contribution in [0, 0.1) is 39.9 Å². The number of esters is 2. The normalized spacial score (nSPS) is 38.5. The first kappa shape index (κ1) is 35.4. The van der Waals surface area contributed by atoms with E-state index >= 15 is 0 Å². The lowest BCUT2D eigenvalue weighted by molar-refractivity contribution is -0.332. The van der Waals surface area contributed by atoms with Crippen LogP contribution in [0.25, 0.3) is 0 Å². The van der Waals surface area contributed by atoms with E-state index in [1.54, 1.807) is 6.08 Å². The predicted octanol–water partition coefficient (Wildman–Crippen LogP) is 8.29. The summed E-state index contributed by atoms with van der Waals surface area (Å²) in [6.07, 6.45) is 19.2. The van der Waals surface area contributed by atoms with Gasteiger partial charge >= 0.3 is 11.9 Å². The maximum absolute atomic E-state index is 13.7. The predicted molar refractivity (Wildman–Crippen MR) is 188 cm³/mol. The molecule has 5 aliphatic rings. The highest BCUT2D eigenvalue weighted by molar-refractivity contribution is 5.85. The molecular formula is C42H60O6. The molecule has 2 N–H and O–H groups in total. The number of cyclic esters (lactones) is 1. The highest BCUT2D eigenvalue weighted by Gasteiger charge is 2.77. The first-order valence-corrected chi connectivity index (χ1v) is 19.1. The van der Waals surface area contributed by atoms with Crippen molar-refractivity contribution in [2.45, 2.75) is 142 Å². The van der Waals surface area contributed by atoms with Crippen molar-refractivity contribution in [2.24, 2.45) is 39.9 Å². The number of hydrogen-bond donors (Lipinski definition) is 2. The fourth-order valence-electron chi connectivity index (χ4n) is 11.7. The Morgan fingerprint density at radius 3 is 2.50 bits per heavy atom. The Morgan fingerprint density at radius 2 is 1.81 bits per heavy atom. The summed E-state index contributed by atoms with van der Waals surface area (Å²) in [5.41, 5.74) is -0.783. The van der Waals surface area contributed by atoms with Gasteiger partial charge in [-0.1, -0.05) is 95.4 Å². The highest BCUT2D eigenvalue weighted by atomic mass is 16.5. The molecule has 264 valence electrons. The topological polar surface area (TPSA) is 93.1 Å². The zero-order valence-electron chi connectivity index (χ0n) is 29.9. The van der Waals surface area contributed by atoms with Crippen molar-refractivity contribution < 1.29 is 29.3 Å². The van der Waals surface area contributed by atoms with E-state index in [2.05, 4.69) is 63.3 Å². The molecule has 9 atom stereocenters. The minimum Gasteiger partial charge on any atom is -0.462 e. The zero-order chi connectivity index (χ0) is 34.2. The number of aryl methyl sites for hydroxylation is 1. The number of ether oxygens (including phenoxy) is 2. The van der Waals surface area contributed by atoms with Gasteiger partial charge in [0, 0.05) is 29.7 Å². The van der Waals surface area contributed by atoms with E-state index in [9.17, 15) is 19.8 Å². The molecule has 4 aliphatic carbocycles. The first-order chi connectivity index (χ1) is 22.9. The Balaban J connectivity index is 1.38. The number of hydrogen-bond acceptors (Lipinski definition) is 6. The van der Waals surface area contributed by atoms with E-state index in [1.807, 2.05) is 0 Å². The summed E-state index contributed by atoms with van der Waals surface area (Å²) >= 11 is 0. The minimum absolute atomic E-state index is 0.0656. The van der Waals surface area contributed by atoms with Gasteiger partial charge in [-0.25, -0.2) is 4.79 Å². The van der Waals surface area contributed by atoms with Crippen LogP contribution < -0.4 is 0 Å². The molecule has 6 nitrogen and oxygen atoms in total. The van der Waals surface area contributed by atoms with Gasteiger partial charge in [-0.15, -0.1) is 0 Å². The quantitative estimate of drug-likeness (QED) is 0.173. The van der Waals surface area contributed by atoms with Crippen molar-refractivity contribution in [3.63, 3.8) is 0 Å². The molecule has 0 aromatic heterocycles. The number of carbonyl (C=O) groups is 2. The maximum Gasteiger partial charge on any atom is 0.331 e. The molecule has 0 radical (unpaired) electrons. The largest absolute Gasteiger partial charge is 0.462 e. The molecule has 1 spiro atoms. The average Bonchev–Trinajstić information content (AvgIpc) is 3.49. The van der Waals surface area contributed by atoms with Crippen molar-refractivity contribution >= 4 is 11.9 Å². The van der Waals surface area contributed by atoms with Gasteiger partial charge in [0.25, 0.3) is 0 Å². The second kappa shape index (κ2) is 14.1. The van der Waals surface area contributed by atoms with Crippen molar-refractivity contribution in [3.8, 4) is 0 Å². The number of rotatable bonds is 12. The summed E-state index contributed by atoms with van der Waals surface area (Å²) in [4.78, 5) is 24.9. The molecule has 0 amide bonds. The van der Waals surface area contributed by atoms with Gasteiger partial charge in [-0.3, -0.25) is 4.79 Å². The summed E-state index contributed by atoms with van der Waals surface area (Å²) in [6, 6.07) is 10.7. The Bertz CT molecular complexity index is 1360. The molecule has 0 saturated heterocycles. The smallest absolute Gasteiger partial charge is 0.331 e. The molecule has 6 heteroatoms. The Morgan fingerprint density at radius 1 is 1.06 bits per heavy atom. The van der Waals surface area contributed by atoms with Gasteiger partial charge in [0.1, 0.15) is 12.7 Å². The van der Waals surface area contributed by atoms with Crippen LogP contribution in [0.2, 0.25) is 0 Å². The summed E-state index contributed by atoms with van der Waals surface area (Å²) in [7, 11) is 0. The number of benzene rings is 1. The summed E-state index contributed by atoms with van der Waals surface area (Å²) in [6.45, 7) is 8.65. The lowest BCUT2D eigenvalue weighted by Crippen LogP contribution is -2.79. The molecule has 3 fully saturated rings. The Labute approximate surface area is 288 Å². The van der Waals surface area contributed by atoms with Crippen molar-refractivity contribution in [1.29, 1.82) is 0 Å². The summed E-state index contributed by atoms with van der Waals surface area (Å²) in [5.74, 6) is 0.108. The Hall–Kier alpha value is -2.44. The van der Waals surface area contributed by atoms with E-state index in [0.29, 0.717) is 37.5 Å². The van der Waals surface area contributed by atoms with E-state index in [-0.39, 0.29) is 41.9 Å². The number of fused-ring (bicyclic) bond motifs is 1. The molecule has 0 unspecified atom stereocenters. The van der Waals surface area contributed by atoms with Crippen molar-refractivity contribution in [1.82, 2.24) is 0 Å². The van der Waals surface area contributed by atoms with Crippen molar-refractivity contribution in [2.75, 3.05) is 6.61 Å². The van der Waals surface area contributed by atoms with E-state index in [1.165, 1.54) is 31.7 Å². The number of aliphatic hydroxyl groups excluding tert-OH is 1. The third kappa shape index (κ3) is 6.23. The lowest BCUT2D eigenvalue weighted by atomic mass is 9.32. The molecule has 2 bridgehead atoms. The Kier molecular flexibility index (Phi) is 10.4. The summed E-state index contributed by atoms with van der Waals surface area (Å²) < 4.78 is 11.6. The van der Waals surface area contributed by atoms with Crippen LogP contribution >= 0.6 is 0 Å². The highest BCUT2D eigenvalue weighted by Crippen LogP contribution is 2.74. The molecular weight excluding hydrogens is 600 g/mol. The summed E-state index contributed by atoms with van der Waals surface area (Å²) in [5, 5.41) is 26.3. The third-order valence-corrected chi connectivity index (χ3v) is 14.1. The fourth-order valence-corrected chi connectivity index (χ4v) is 11.7. The monoisotopic (exact) mass is 660 g/mol. The van der Waals surface area contributed by atoms with E-state index in [4.69, 9.17) is 9.47 Å². The molecule has 1 aromatic carbocycles. The van der Waals surface area contributed by atoms with Crippen LogP contribution in [0.1, 0.15) is 123 Å². The van der Waals surface area contributed by atoms with E-state index in [0.717, 1.165) is 56.9 Å². The van der Waals surface area contributed by atoms with Crippen LogP contribution in [0.4, 0.5) is 0 Å². The fraction of sp³-hybridized carbons (Fsp3) is 0.714. The second-order valence-electron chi connectivity index (χ2n) is 16.9. The van der Waals surface area contributed by atoms with Gasteiger partial charge in [0.05, 0.1) is 11.7 Å². The number of carbonyl (C=O) groups excluding carboxylic acids is 2. The van der Waals surface area contributed by atoms with Crippen LogP contribution in [-0.2, 0) is 25.5 Å². The van der Waals surface area contributed by atoms with Gasteiger partial charge in [-0.2, -0.15) is 0 Å². The second-order valence-corrected chi connectivity index (χ2v) is 16.9. The molecule has 3 saturated carbocycles. The maximum atomic E-state index is 13.7. The molecule has 1 aromatic rings. The third-order valence-electron chi connectivity index (χ3n) is 14.1. The van der Waals surface area contributed by atoms with Crippen molar-refractivity contribution in [3.05, 3.63) is 59.7 Å². The van der Waals surface area contributed by atoms with E-state index < -0.39 is 22.5 Å². The molecule has 1 heterocycles. The minimum atomic E-state index is -1.26. The standard InChI is InChI=1S/C42H60O6/c1-29(12-11-15-31-13-7-5-8-14-31)18-19-34-21-23-39(3)27-35(48-30(2)43)38-40(4,33-16-9-6-10-17-33)24-22-36(44)42(34,38)41(39,46)25-20-32-26-37(45)47-28-32/h5,7-8,13-14,21,23,26,29,33-36,38,44,46H,6,9-12,15-20,22,24-25,27-28H2,1-4H3/t29-,34+,35-,36+,38-,39-,40+,41-,42+/m1/s1. The zero-order valence-corrected chi connectivity index (χ0v) is 29.9. The number of aliphatic hydroxyl groups is 2. The van der Waals surface area contributed by atoms with Gasteiger partial charge in [0.15, 0.2) is 0 Å². The molecule has 1 aliphatic heterocycles. The van der Waals surface area contributed by atoms with Crippen LogP contribution in [0.5, 0.6) is 0 Å². The lowest BCUT2D eigenvalue weighted by Gasteiger charge is -2.74. The van der Waals surface area contributed by atoms with Gasteiger partial charge in [0.2, 0.25) is 0 Å². The molecule has 48 heavy (non-hydrogen) atoms. The van der Waals surface area contributed by atoms with Crippen LogP contribution in [0.3, 0.4) is 0 Å². The number of allylic oxidation sites excluding steroid dienone is 1. The van der Waals surface area contributed by atoms with Crippen LogP contribution in [-0.4, -0.2) is 46.6 Å². The SMILES string of the molecule is CC(=O)O[C@@H]1C[C@@]2(C)C=C[C@H](CC[C@H](C)CCCc3ccccc3)[C@@]3([C@@H](O)CC[C@@](C)(C4CCCCC4)[C@@H]13)[C@@]2(O)CCC1=CC(=O)OC1. The molecule has 6 rings (SSSR count). The van der Waals surface area contributed by atoms with Gasteiger partial charge < -0.3 is 19.7 Å². The average molecular weight is 661 g/mol. The van der Waals surface area contributed by atoms with Crippen LogP contribution in [0.15, 0.2) is 54.1 Å². The first-order valence-electron chi connectivity index (χ1n) is 19.1.